The number of rotatable bonds is 6. The molecule has 0 saturated carbocycles. The number of nitrogens with zero attached hydrogens (tertiary/aromatic N) is 2. The van der Waals surface area contributed by atoms with Crippen molar-refractivity contribution in [2.75, 3.05) is 11.5 Å². The van der Waals surface area contributed by atoms with E-state index in [4.69, 9.17) is 14.2 Å². The van der Waals surface area contributed by atoms with E-state index >= 15 is 0 Å². The molecule has 0 radical (unpaired) electrons. The first-order chi connectivity index (χ1) is 13.5. The molecule has 0 bridgehead atoms. The molecule has 2 heterocycles. The molecule has 0 saturated heterocycles. The lowest BCUT2D eigenvalue weighted by molar-refractivity contribution is 0.171. The van der Waals surface area contributed by atoms with Gasteiger partial charge in [0.1, 0.15) is 6.61 Å². The highest BCUT2D eigenvalue weighted by molar-refractivity contribution is 7.92. The fourth-order valence-corrected chi connectivity index (χ4v) is 3.66. The molecule has 1 N–H and O–H groups in total. The van der Waals surface area contributed by atoms with E-state index in [9.17, 15) is 8.42 Å². The monoisotopic (exact) mass is 399 g/mol. The first-order valence-electron chi connectivity index (χ1n) is 8.44. The zero-order valence-electron chi connectivity index (χ0n) is 15.0. The van der Waals surface area contributed by atoms with E-state index in [1.165, 1.54) is 24.5 Å². The van der Waals surface area contributed by atoms with Crippen molar-refractivity contribution >= 4 is 15.8 Å². The quantitative estimate of drug-likeness (QED) is 0.680. The summed E-state index contributed by atoms with van der Waals surface area (Å²) in [4.78, 5) is 8.28. The summed E-state index contributed by atoms with van der Waals surface area (Å²) in [5, 5.41) is 0. The summed E-state index contributed by atoms with van der Waals surface area (Å²) in [6.45, 7) is 2.15. The maximum absolute atomic E-state index is 12.6. The largest absolute Gasteiger partial charge is 0.470 e. The van der Waals surface area contributed by atoms with Gasteiger partial charge in [0, 0.05) is 18.0 Å². The predicted octanol–water partition coefficient (Wildman–Crippen LogP) is 2.89. The molecular weight excluding hydrogens is 382 g/mol. The Bertz CT molecular complexity index is 1100. The number of fused-ring (bicyclic) bond motifs is 1. The van der Waals surface area contributed by atoms with Gasteiger partial charge < -0.3 is 14.2 Å². The van der Waals surface area contributed by atoms with Crippen molar-refractivity contribution in [3.63, 3.8) is 0 Å². The van der Waals surface area contributed by atoms with Crippen LogP contribution in [0.15, 0.2) is 59.8 Å². The van der Waals surface area contributed by atoms with Gasteiger partial charge in [-0.05, 0) is 25.1 Å². The van der Waals surface area contributed by atoms with Crippen LogP contribution in [0.1, 0.15) is 11.1 Å². The Balaban J connectivity index is 1.54. The van der Waals surface area contributed by atoms with Crippen molar-refractivity contribution in [1.29, 1.82) is 0 Å². The molecule has 0 fully saturated rings. The fourth-order valence-electron chi connectivity index (χ4n) is 2.65. The summed E-state index contributed by atoms with van der Waals surface area (Å²) in [7, 11) is -3.82. The second-order valence-electron chi connectivity index (χ2n) is 6.07. The number of sulfonamides is 1. The van der Waals surface area contributed by atoms with Gasteiger partial charge in [-0.1, -0.05) is 29.8 Å². The Morgan fingerprint density at radius 3 is 2.68 bits per heavy atom. The number of para-hydroxylation sites is 1. The molecule has 9 heteroatoms. The van der Waals surface area contributed by atoms with Gasteiger partial charge in [0.15, 0.2) is 11.5 Å². The van der Waals surface area contributed by atoms with E-state index in [0.717, 1.165) is 11.1 Å². The van der Waals surface area contributed by atoms with Crippen LogP contribution in [0.3, 0.4) is 0 Å². The van der Waals surface area contributed by atoms with Crippen LogP contribution >= 0.6 is 0 Å². The average molecular weight is 399 g/mol. The summed E-state index contributed by atoms with van der Waals surface area (Å²) in [6, 6.07) is 12.0. The molecule has 4 rings (SSSR count). The highest BCUT2D eigenvalue weighted by atomic mass is 32.2. The number of hydrogen-bond donors (Lipinski definition) is 1. The number of aromatic nitrogens is 2. The van der Waals surface area contributed by atoms with Gasteiger partial charge in [0.25, 0.3) is 15.9 Å². The molecule has 0 unspecified atom stereocenters. The van der Waals surface area contributed by atoms with Crippen LogP contribution in [-0.2, 0) is 16.6 Å². The standard InChI is InChI=1S/C19H17N3O5S/c1-13-5-7-15(8-6-13)28(23,24)22-18-19(21-10-9-20-18)25-11-14-3-2-4-16-17(14)27-12-26-16/h2-10H,11-12H2,1H3,(H,20,22). The summed E-state index contributed by atoms with van der Waals surface area (Å²) < 4.78 is 44.2. The van der Waals surface area contributed by atoms with Crippen molar-refractivity contribution in [1.82, 2.24) is 9.97 Å². The molecular formula is C19H17N3O5S. The number of benzene rings is 2. The van der Waals surface area contributed by atoms with Crippen molar-refractivity contribution in [3.8, 4) is 17.4 Å². The summed E-state index contributed by atoms with van der Waals surface area (Å²) in [5.74, 6) is 1.32. The normalized spacial score (nSPS) is 12.6. The molecule has 2 aromatic carbocycles. The Morgan fingerprint density at radius 2 is 1.86 bits per heavy atom. The van der Waals surface area contributed by atoms with Crippen molar-refractivity contribution in [2.24, 2.45) is 0 Å². The second kappa shape index (κ2) is 7.35. The third kappa shape index (κ3) is 3.70. The molecule has 3 aromatic rings. The van der Waals surface area contributed by atoms with Gasteiger partial charge in [-0.3, -0.25) is 4.72 Å². The van der Waals surface area contributed by atoms with E-state index in [0.29, 0.717) is 11.5 Å². The Hall–Kier alpha value is -3.33. The maximum Gasteiger partial charge on any atom is 0.263 e. The first kappa shape index (κ1) is 18.1. The number of anilines is 1. The van der Waals surface area contributed by atoms with Crippen LogP contribution in [-0.4, -0.2) is 25.2 Å². The topological polar surface area (TPSA) is 99.6 Å². The number of ether oxygens (including phenoxy) is 3. The van der Waals surface area contributed by atoms with Gasteiger partial charge in [-0.15, -0.1) is 0 Å². The van der Waals surface area contributed by atoms with E-state index in [1.807, 2.05) is 19.1 Å². The highest BCUT2D eigenvalue weighted by Crippen LogP contribution is 2.36. The van der Waals surface area contributed by atoms with Crippen molar-refractivity contribution < 1.29 is 22.6 Å². The van der Waals surface area contributed by atoms with Gasteiger partial charge >= 0.3 is 0 Å². The van der Waals surface area contributed by atoms with Crippen LogP contribution in [0.25, 0.3) is 0 Å². The number of nitrogens with one attached hydrogen (secondary N) is 1. The van der Waals surface area contributed by atoms with Gasteiger partial charge in [0.05, 0.1) is 4.90 Å². The van der Waals surface area contributed by atoms with Crippen LogP contribution in [0.2, 0.25) is 0 Å². The van der Waals surface area contributed by atoms with Gasteiger partial charge in [-0.2, -0.15) is 0 Å². The molecule has 0 atom stereocenters. The second-order valence-corrected chi connectivity index (χ2v) is 7.75. The minimum atomic E-state index is -3.82. The number of aryl methyl sites for hydroxylation is 1. The summed E-state index contributed by atoms with van der Waals surface area (Å²) in [6.07, 6.45) is 2.81. The lowest BCUT2D eigenvalue weighted by Crippen LogP contribution is -2.15. The smallest absolute Gasteiger partial charge is 0.263 e. The average Bonchev–Trinajstić information content (AvgIpc) is 3.17. The van der Waals surface area contributed by atoms with Crippen molar-refractivity contribution in [2.45, 2.75) is 18.4 Å². The molecule has 0 amide bonds. The van der Waals surface area contributed by atoms with Crippen LogP contribution in [0, 0.1) is 6.92 Å². The molecule has 28 heavy (non-hydrogen) atoms. The minimum Gasteiger partial charge on any atom is -0.470 e. The zero-order chi connectivity index (χ0) is 19.6. The molecule has 0 spiro atoms. The lowest BCUT2D eigenvalue weighted by Gasteiger charge is -2.12. The molecule has 144 valence electrons. The highest BCUT2D eigenvalue weighted by Gasteiger charge is 2.20. The third-order valence-corrected chi connectivity index (χ3v) is 5.42. The van der Waals surface area contributed by atoms with E-state index in [1.54, 1.807) is 18.2 Å². The SMILES string of the molecule is Cc1ccc(S(=O)(=O)Nc2nccnc2OCc2cccc3c2OCO3)cc1. The van der Waals surface area contributed by atoms with Crippen LogP contribution < -0.4 is 18.9 Å². The zero-order valence-corrected chi connectivity index (χ0v) is 15.8. The molecule has 0 aliphatic carbocycles. The van der Waals surface area contributed by atoms with Crippen LogP contribution in [0.5, 0.6) is 17.4 Å². The maximum atomic E-state index is 12.6. The number of hydrogen-bond acceptors (Lipinski definition) is 7. The lowest BCUT2D eigenvalue weighted by atomic mass is 10.2. The molecule has 1 aromatic heterocycles. The summed E-state index contributed by atoms with van der Waals surface area (Å²) in [5.41, 5.74) is 1.72. The summed E-state index contributed by atoms with van der Waals surface area (Å²) >= 11 is 0. The first-order valence-corrected chi connectivity index (χ1v) is 9.92. The van der Waals surface area contributed by atoms with Gasteiger partial charge in [0.2, 0.25) is 12.6 Å². The fraction of sp³-hybridized carbons (Fsp3) is 0.158. The van der Waals surface area contributed by atoms with E-state index in [-0.39, 0.29) is 30.0 Å². The minimum absolute atomic E-state index is 0.00724. The molecule has 8 nitrogen and oxygen atoms in total. The van der Waals surface area contributed by atoms with Crippen LogP contribution in [0.4, 0.5) is 5.82 Å². The van der Waals surface area contributed by atoms with E-state index in [2.05, 4.69) is 14.7 Å². The molecule has 1 aliphatic heterocycles. The predicted molar refractivity (Wildman–Crippen MR) is 101 cm³/mol. The Labute approximate surface area is 162 Å². The molecule has 1 aliphatic rings. The third-order valence-electron chi connectivity index (χ3n) is 4.07. The van der Waals surface area contributed by atoms with Gasteiger partial charge in [-0.25, -0.2) is 18.4 Å². The van der Waals surface area contributed by atoms with Crippen molar-refractivity contribution in [3.05, 3.63) is 66.0 Å². The Morgan fingerprint density at radius 1 is 1.07 bits per heavy atom. The Kier molecular flexibility index (Phi) is 4.74. The van der Waals surface area contributed by atoms with E-state index < -0.39 is 10.0 Å².